The number of rotatable bonds is 11. The Kier molecular flexibility index (Phi) is 9.04. The molecule has 0 saturated carbocycles. The standard InChI is InChI=1S/C29H38N2O/c1-29(2,3)26-16-10-11-23(19-26)20-31-22-27(32)21-30-18-17-28(24-12-6-4-7-13-24)25-14-8-5-9-15-25/h4-16,19,27-28,30-32H,17-18,20-22H2,1-3H3. The smallest absolute Gasteiger partial charge is 0.0788 e. The Balaban J connectivity index is 1.42. The second kappa shape index (κ2) is 12.0. The van der Waals surface area contributed by atoms with E-state index in [0.29, 0.717) is 19.0 Å². The molecule has 0 aliphatic carbocycles. The first-order chi connectivity index (χ1) is 15.4. The zero-order chi connectivity index (χ0) is 22.8. The van der Waals surface area contributed by atoms with Crippen LogP contribution in [-0.4, -0.2) is 30.8 Å². The summed E-state index contributed by atoms with van der Waals surface area (Å²) in [6.07, 6.45) is 0.584. The fraction of sp³-hybridized carbons (Fsp3) is 0.379. The van der Waals surface area contributed by atoms with Gasteiger partial charge in [0.2, 0.25) is 0 Å². The van der Waals surface area contributed by atoms with Crippen molar-refractivity contribution in [2.24, 2.45) is 0 Å². The third kappa shape index (κ3) is 7.59. The number of aliphatic hydroxyl groups excluding tert-OH is 1. The summed E-state index contributed by atoms with van der Waals surface area (Å²) in [7, 11) is 0. The van der Waals surface area contributed by atoms with Crippen LogP contribution < -0.4 is 10.6 Å². The van der Waals surface area contributed by atoms with Gasteiger partial charge >= 0.3 is 0 Å². The number of benzene rings is 3. The predicted octanol–water partition coefficient (Wildman–Crippen LogP) is 5.25. The van der Waals surface area contributed by atoms with Gasteiger partial charge in [-0.2, -0.15) is 0 Å². The van der Waals surface area contributed by atoms with E-state index in [2.05, 4.69) is 116 Å². The van der Waals surface area contributed by atoms with Gasteiger partial charge in [-0.25, -0.2) is 0 Å². The topological polar surface area (TPSA) is 44.3 Å². The Labute approximate surface area is 193 Å². The molecule has 0 spiro atoms. The van der Waals surface area contributed by atoms with Crippen molar-refractivity contribution in [1.29, 1.82) is 0 Å². The highest BCUT2D eigenvalue weighted by atomic mass is 16.3. The molecule has 0 fully saturated rings. The van der Waals surface area contributed by atoms with Crippen LogP contribution in [0.1, 0.15) is 55.4 Å². The normalized spacial score (nSPS) is 12.8. The summed E-state index contributed by atoms with van der Waals surface area (Å²) in [5.41, 5.74) is 5.41. The van der Waals surface area contributed by atoms with Gasteiger partial charge in [-0.05, 0) is 40.6 Å². The average molecular weight is 431 g/mol. The van der Waals surface area contributed by atoms with E-state index >= 15 is 0 Å². The maximum absolute atomic E-state index is 10.4. The molecule has 170 valence electrons. The van der Waals surface area contributed by atoms with E-state index in [-0.39, 0.29) is 5.41 Å². The summed E-state index contributed by atoms with van der Waals surface area (Å²) >= 11 is 0. The maximum Gasteiger partial charge on any atom is 0.0788 e. The van der Waals surface area contributed by atoms with Crippen LogP contribution in [0.3, 0.4) is 0 Å². The predicted molar refractivity (Wildman–Crippen MR) is 135 cm³/mol. The van der Waals surface area contributed by atoms with Crippen molar-refractivity contribution in [2.75, 3.05) is 19.6 Å². The lowest BCUT2D eigenvalue weighted by Crippen LogP contribution is -2.36. The minimum atomic E-state index is -0.410. The molecule has 3 nitrogen and oxygen atoms in total. The maximum atomic E-state index is 10.4. The Bertz CT molecular complexity index is 879. The van der Waals surface area contributed by atoms with Crippen LogP contribution in [0.15, 0.2) is 84.9 Å². The van der Waals surface area contributed by atoms with E-state index in [1.807, 2.05) is 0 Å². The first-order valence-corrected chi connectivity index (χ1v) is 11.7. The molecule has 0 bridgehead atoms. The first kappa shape index (κ1) is 24.2. The number of aliphatic hydroxyl groups is 1. The molecule has 0 aromatic heterocycles. The largest absolute Gasteiger partial charge is 0.390 e. The highest BCUT2D eigenvalue weighted by Gasteiger charge is 2.15. The SMILES string of the molecule is CC(C)(C)c1cccc(CNCC(O)CNCCC(c2ccccc2)c2ccccc2)c1. The third-order valence-corrected chi connectivity index (χ3v) is 5.90. The van der Waals surface area contributed by atoms with Gasteiger partial charge < -0.3 is 15.7 Å². The molecule has 0 radical (unpaired) electrons. The van der Waals surface area contributed by atoms with Gasteiger partial charge in [0.15, 0.2) is 0 Å². The van der Waals surface area contributed by atoms with Gasteiger partial charge in [0.1, 0.15) is 0 Å². The summed E-state index contributed by atoms with van der Waals surface area (Å²) in [6.45, 7) is 9.49. The molecular weight excluding hydrogens is 392 g/mol. The highest BCUT2D eigenvalue weighted by molar-refractivity contribution is 5.32. The van der Waals surface area contributed by atoms with Crippen LogP contribution in [0.2, 0.25) is 0 Å². The molecule has 0 heterocycles. The van der Waals surface area contributed by atoms with E-state index in [1.165, 1.54) is 22.3 Å². The lowest BCUT2D eigenvalue weighted by molar-refractivity contribution is 0.168. The van der Waals surface area contributed by atoms with Gasteiger partial charge in [-0.1, -0.05) is 106 Å². The molecule has 1 unspecified atom stereocenters. The van der Waals surface area contributed by atoms with Crippen molar-refractivity contribution in [3.8, 4) is 0 Å². The van der Waals surface area contributed by atoms with Crippen LogP contribution in [0.5, 0.6) is 0 Å². The summed E-state index contributed by atoms with van der Waals surface area (Å²) in [5, 5.41) is 17.2. The molecule has 3 aromatic rings. The number of hydrogen-bond acceptors (Lipinski definition) is 3. The Morgan fingerprint density at radius 1 is 0.750 bits per heavy atom. The van der Waals surface area contributed by atoms with E-state index in [1.54, 1.807) is 0 Å². The van der Waals surface area contributed by atoms with E-state index < -0.39 is 6.10 Å². The van der Waals surface area contributed by atoms with Crippen LogP contribution in [0.25, 0.3) is 0 Å². The van der Waals surface area contributed by atoms with E-state index in [9.17, 15) is 5.11 Å². The van der Waals surface area contributed by atoms with Crippen LogP contribution in [-0.2, 0) is 12.0 Å². The van der Waals surface area contributed by atoms with Gasteiger partial charge in [-0.15, -0.1) is 0 Å². The number of hydrogen-bond donors (Lipinski definition) is 3. The Morgan fingerprint density at radius 2 is 1.34 bits per heavy atom. The second-order valence-corrected chi connectivity index (χ2v) is 9.60. The molecule has 32 heavy (non-hydrogen) atoms. The van der Waals surface area contributed by atoms with Gasteiger partial charge in [0.05, 0.1) is 6.10 Å². The summed E-state index contributed by atoms with van der Waals surface area (Å²) in [4.78, 5) is 0. The molecule has 0 aliphatic heterocycles. The molecule has 0 amide bonds. The van der Waals surface area contributed by atoms with Gasteiger partial charge in [0, 0.05) is 25.6 Å². The number of nitrogens with one attached hydrogen (secondary N) is 2. The van der Waals surface area contributed by atoms with Gasteiger partial charge in [-0.3, -0.25) is 0 Å². The van der Waals surface area contributed by atoms with Crippen LogP contribution in [0.4, 0.5) is 0 Å². The monoisotopic (exact) mass is 430 g/mol. The van der Waals surface area contributed by atoms with Crippen LogP contribution in [0, 0.1) is 0 Å². The quantitative estimate of drug-likeness (QED) is 0.364. The average Bonchev–Trinajstić information content (AvgIpc) is 2.80. The minimum Gasteiger partial charge on any atom is -0.390 e. The summed E-state index contributed by atoms with van der Waals surface area (Å²) in [6, 6.07) is 30.0. The Hall–Kier alpha value is -2.46. The lowest BCUT2D eigenvalue weighted by Gasteiger charge is -2.20. The zero-order valence-electron chi connectivity index (χ0n) is 19.7. The zero-order valence-corrected chi connectivity index (χ0v) is 19.7. The minimum absolute atomic E-state index is 0.150. The third-order valence-electron chi connectivity index (χ3n) is 5.90. The van der Waals surface area contributed by atoms with E-state index in [4.69, 9.17) is 0 Å². The fourth-order valence-electron chi connectivity index (χ4n) is 4.01. The molecule has 3 aromatic carbocycles. The van der Waals surface area contributed by atoms with Crippen molar-refractivity contribution in [1.82, 2.24) is 10.6 Å². The second-order valence-electron chi connectivity index (χ2n) is 9.60. The molecule has 0 aliphatic rings. The lowest BCUT2D eigenvalue weighted by atomic mass is 9.86. The first-order valence-electron chi connectivity index (χ1n) is 11.7. The summed E-state index contributed by atoms with van der Waals surface area (Å²) in [5.74, 6) is 0.357. The molecular formula is C29H38N2O. The molecule has 1 atom stereocenters. The fourth-order valence-corrected chi connectivity index (χ4v) is 4.01. The molecule has 3 heteroatoms. The highest BCUT2D eigenvalue weighted by Crippen LogP contribution is 2.27. The van der Waals surface area contributed by atoms with Crippen molar-refractivity contribution in [3.63, 3.8) is 0 Å². The van der Waals surface area contributed by atoms with Crippen molar-refractivity contribution < 1.29 is 5.11 Å². The van der Waals surface area contributed by atoms with Crippen molar-refractivity contribution in [2.45, 2.75) is 51.2 Å². The summed E-state index contributed by atoms with van der Waals surface area (Å²) < 4.78 is 0. The van der Waals surface area contributed by atoms with Gasteiger partial charge in [0.25, 0.3) is 0 Å². The van der Waals surface area contributed by atoms with E-state index in [0.717, 1.165) is 19.5 Å². The molecule has 3 rings (SSSR count). The van der Waals surface area contributed by atoms with Crippen molar-refractivity contribution >= 4 is 0 Å². The Morgan fingerprint density at radius 3 is 1.94 bits per heavy atom. The molecule has 0 saturated heterocycles. The molecule has 3 N–H and O–H groups in total. The van der Waals surface area contributed by atoms with Crippen LogP contribution >= 0.6 is 0 Å². The van der Waals surface area contributed by atoms with Crippen molar-refractivity contribution in [3.05, 3.63) is 107 Å².